The first-order valence-corrected chi connectivity index (χ1v) is 9.66. The number of aromatic nitrogens is 3. The van der Waals surface area contributed by atoms with Crippen molar-refractivity contribution in [1.82, 2.24) is 20.1 Å². The predicted molar refractivity (Wildman–Crippen MR) is 105 cm³/mol. The Morgan fingerprint density at radius 1 is 1.33 bits per heavy atom. The van der Waals surface area contributed by atoms with E-state index in [0.717, 1.165) is 49.5 Å². The number of aryl methyl sites for hydroxylation is 1. The Balaban J connectivity index is 1.62. The molecule has 1 unspecified atom stereocenters. The molecule has 0 aliphatic carbocycles. The number of anilines is 1. The van der Waals surface area contributed by atoms with Gasteiger partial charge in [-0.3, -0.25) is 10.1 Å². The Hall–Kier alpha value is -2.41. The fourth-order valence-electron chi connectivity index (χ4n) is 3.54. The van der Waals surface area contributed by atoms with Crippen molar-refractivity contribution in [3.05, 3.63) is 35.7 Å². The monoisotopic (exact) mass is 371 g/mol. The summed E-state index contributed by atoms with van der Waals surface area (Å²) in [6, 6.07) is 7.92. The second kappa shape index (κ2) is 8.99. The van der Waals surface area contributed by atoms with Gasteiger partial charge < -0.3 is 10.1 Å². The van der Waals surface area contributed by atoms with Gasteiger partial charge in [-0.15, -0.1) is 0 Å². The lowest BCUT2D eigenvalue weighted by atomic mass is 9.93. The van der Waals surface area contributed by atoms with Crippen molar-refractivity contribution in [3.63, 3.8) is 0 Å². The van der Waals surface area contributed by atoms with Crippen molar-refractivity contribution in [2.45, 2.75) is 44.4 Å². The van der Waals surface area contributed by atoms with Crippen LogP contribution in [0.5, 0.6) is 5.75 Å². The molecule has 0 radical (unpaired) electrons. The van der Waals surface area contributed by atoms with Gasteiger partial charge in [-0.25, -0.2) is 4.68 Å². The summed E-state index contributed by atoms with van der Waals surface area (Å²) in [7, 11) is 3.48. The minimum Gasteiger partial charge on any atom is -0.497 e. The number of hydrogen-bond acceptors (Lipinski definition) is 5. The summed E-state index contributed by atoms with van der Waals surface area (Å²) in [5, 5.41) is 10.8. The number of benzene rings is 1. The average Bonchev–Trinajstić information content (AvgIpc) is 3.07. The molecular formula is C20H29N5O2. The van der Waals surface area contributed by atoms with Crippen LogP contribution in [0.2, 0.25) is 0 Å². The van der Waals surface area contributed by atoms with Crippen molar-refractivity contribution in [2.24, 2.45) is 7.05 Å². The zero-order valence-corrected chi connectivity index (χ0v) is 16.4. The summed E-state index contributed by atoms with van der Waals surface area (Å²) in [6.45, 7) is 4.08. The Morgan fingerprint density at radius 3 is 2.67 bits per heavy atom. The van der Waals surface area contributed by atoms with E-state index < -0.39 is 0 Å². The molecule has 0 spiro atoms. The van der Waals surface area contributed by atoms with Gasteiger partial charge in [0.25, 0.3) is 0 Å². The van der Waals surface area contributed by atoms with E-state index in [0.29, 0.717) is 18.3 Å². The maximum Gasteiger partial charge on any atom is 0.227 e. The van der Waals surface area contributed by atoms with E-state index in [1.165, 1.54) is 0 Å². The van der Waals surface area contributed by atoms with Crippen LogP contribution in [0.25, 0.3) is 0 Å². The van der Waals surface area contributed by atoms with Crippen molar-refractivity contribution >= 4 is 11.9 Å². The molecule has 1 aliphatic rings. The van der Waals surface area contributed by atoms with Crippen LogP contribution >= 0.6 is 0 Å². The topological polar surface area (TPSA) is 81.1 Å². The first kappa shape index (κ1) is 19.4. The number of piperidine rings is 1. The fourth-order valence-corrected chi connectivity index (χ4v) is 3.54. The summed E-state index contributed by atoms with van der Waals surface area (Å²) >= 11 is 0. The van der Waals surface area contributed by atoms with Crippen LogP contribution in [0.3, 0.4) is 0 Å². The third kappa shape index (κ3) is 4.86. The van der Waals surface area contributed by atoms with Gasteiger partial charge in [-0.1, -0.05) is 19.1 Å². The quantitative estimate of drug-likeness (QED) is 0.782. The van der Waals surface area contributed by atoms with Crippen LogP contribution in [0.15, 0.2) is 24.3 Å². The summed E-state index contributed by atoms with van der Waals surface area (Å²) in [4.78, 5) is 17.2. The summed E-state index contributed by atoms with van der Waals surface area (Å²) < 4.78 is 6.88. The van der Waals surface area contributed by atoms with E-state index in [1.807, 2.05) is 31.3 Å². The van der Waals surface area contributed by atoms with Crippen LogP contribution < -0.4 is 15.4 Å². The highest BCUT2D eigenvalue weighted by molar-refractivity contribution is 5.89. The van der Waals surface area contributed by atoms with Gasteiger partial charge in [0.2, 0.25) is 11.9 Å². The number of nitrogens with zero attached hydrogens (tertiary/aromatic N) is 3. The van der Waals surface area contributed by atoms with Crippen molar-refractivity contribution < 1.29 is 9.53 Å². The molecule has 146 valence electrons. The SMILES string of the molecule is CCC(CC(=O)Nc1nc(C2CCNCC2)nn1C)c1ccc(OC)cc1. The lowest BCUT2D eigenvalue weighted by molar-refractivity contribution is -0.116. The number of carbonyl (C=O) groups is 1. The van der Waals surface area contributed by atoms with E-state index in [1.54, 1.807) is 11.8 Å². The molecule has 3 rings (SSSR count). The van der Waals surface area contributed by atoms with Gasteiger partial charge in [-0.2, -0.15) is 10.1 Å². The minimum atomic E-state index is -0.0370. The Labute approximate surface area is 160 Å². The molecular weight excluding hydrogens is 342 g/mol. The molecule has 7 heteroatoms. The standard InChI is InChI=1S/C20H29N5O2/c1-4-14(15-5-7-17(27-3)8-6-15)13-18(26)22-20-23-19(24-25(20)2)16-9-11-21-12-10-16/h5-8,14,16,21H,4,9-13H2,1-3H3,(H,22,23,24,26). The van der Waals surface area contributed by atoms with Crippen LogP contribution in [0, 0.1) is 0 Å². The number of amides is 1. The molecule has 1 amide bonds. The number of methoxy groups -OCH3 is 1. The first-order valence-electron chi connectivity index (χ1n) is 9.66. The number of carbonyl (C=O) groups excluding carboxylic acids is 1. The van der Waals surface area contributed by atoms with Gasteiger partial charge in [0.05, 0.1) is 7.11 Å². The molecule has 1 aliphatic heterocycles. The molecule has 0 saturated carbocycles. The Bertz CT molecular complexity index is 750. The third-order valence-corrected chi connectivity index (χ3v) is 5.25. The average molecular weight is 371 g/mol. The highest BCUT2D eigenvalue weighted by Gasteiger charge is 2.22. The predicted octanol–water partition coefficient (Wildman–Crippen LogP) is 2.81. The molecule has 1 fully saturated rings. The van der Waals surface area contributed by atoms with E-state index in [4.69, 9.17) is 4.74 Å². The Kier molecular flexibility index (Phi) is 6.45. The lowest BCUT2D eigenvalue weighted by Crippen LogP contribution is -2.27. The van der Waals surface area contributed by atoms with E-state index in [-0.39, 0.29) is 11.8 Å². The fraction of sp³-hybridized carbons (Fsp3) is 0.550. The number of hydrogen-bond donors (Lipinski definition) is 2. The molecule has 2 heterocycles. The van der Waals surface area contributed by atoms with Crippen LogP contribution in [-0.2, 0) is 11.8 Å². The maximum absolute atomic E-state index is 12.6. The summed E-state index contributed by atoms with van der Waals surface area (Å²) in [5.74, 6) is 2.67. The first-order chi connectivity index (χ1) is 13.1. The van der Waals surface area contributed by atoms with Crippen molar-refractivity contribution in [3.8, 4) is 5.75 Å². The number of rotatable bonds is 7. The summed E-state index contributed by atoms with van der Waals surface area (Å²) in [5.41, 5.74) is 1.14. The largest absolute Gasteiger partial charge is 0.497 e. The van der Waals surface area contributed by atoms with Gasteiger partial charge in [0, 0.05) is 19.4 Å². The molecule has 0 bridgehead atoms. The minimum absolute atomic E-state index is 0.0370. The highest BCUT2D eigenvalue weighted by atomic mass is 16.5. The molecule has 2 N–H and O–H groups in total. The third-order valence-electron chi connectivity index (χ3n) is 5.25. The molecule has 2 aromatic rings. The van der Waals surface area contributed by atoms with Crippen molar-refractivity contribution in [2.75, 3.05) is 25.5 Å². The maximum atomic E-state index is 12.6. The number of ether oxygens (including phenoxy) is 1. The number of nitrogens with one attached hydrogen (secondary N) is 2. The molecule has 1 aromatic carbocycles. The van der Waals surface area contributed by atoms with E-state index >= 15 is 0 Å². The van der Waals surface area contributed by atoms with Gasteiger partial charge in [0.15, 0.2) is 5.82 Å². The molecule has 1 atom stereocenters. The van der Waals surface area contributed by atoms with Crippen LogP contribution in [-0.4, -0.2) is 40.9 Å². The molecule has 1 aromatic heterocycles. The van der Waals surface area contributed by atoms with Gasteiger partial charge >= 0.3 is 0 Å². The van der Waals surface area contributed by atoms with Gasteiger partial charge in [-0.05, 0) is 56.0 Å². The van der Waals surface area contributed by atoms with E-state index in [9.17, 15) is 4.79 Å². The van der Waals surface area contributed by atoms with Crippen LogP contribution in [0.1, 0.15) is 55.8 Å². The smallest absolute Gasteiger partial charge is 0.227 e. The van der Waals surface area contributed by atoms with Crippen molar-refractivity contribution in [1.29, 1.82) is 0 Å². The van der Waals surface area contributed by atoms with Gasteiger partial charge in [0.1, 0.15) is 5.75 Å². The zero-order valence-electron chi connectivity index (χ0n) is 16.4. The molecule has 7 nitrogen and oxygen atoms in total. The van der Waals surface area contributed by atoms with Crippen LogP contribution in [0.4, 0.5) is 5.95 Å². The molecule has 27 heavy (non-hydrogen) atoms. The molecule has 1 saturated heterocycles. The second-order valence-electron chi connectivity index (χ2n) is 7.07. The zero-order chi connectivity index (χ0) is 19.2. The summed E-state index contributed by atoms with van der Waals surface area (Å²) in [6.07, 6.45) is 3.37. The van der Waals surface area contributed by atoms with E-state index in [2.05, 4.69) is 27.6 Å². The Morgan fingerprint density at radius 2 is 2.04 bits per heavy atom. The second-order valence-corrected chi connectivity index (χ2v) is 7.07. The highest BCUT2D eigenvalue weighted by Crippen LogP contribution is 2.26. The normalized spacial score (nSPS) is 16.1. The lowest BCUT2D eigenvalue weighted by Gasteiger charge is -2.19.